The Labute approximate surface area is 183 Å². The molecule has 0 N–H and O–H groups in total. The Morgan fingerprint density at radius 1 is 0.633 bits per heavy atom. The van der Waals surface area contributed by atoms with Gasteiger partial charge in [-0.25, -0.2) is 8.78 Å². The predicted octanol–water partition coefficient (Wildman–Crippen LogP) is 6.86. The van der Waals surface area contributed by atoms with Crippen LogP contribution in [0.5, 0.6) is 0 Å². The second-order valence-electron chi connectivity index (χ2n) is 6.83. The highest BCUT2D eigenvalue weighted by Crippen LogP contribution is 2.29. The van der Waals surface area contributed by atoms with Gasteiger partial charge in [0.1, 0.15) is 11.6 Å². The normalized spacial score (nSPS) is 10.8. The van der Waals surface area contributed by atoms with Gasteiger partial charge in [-0.3, -0.25) is 9.59 Å². The first-order valence-electron chi connectivity index (χ1n) is 9.26. The Balaban J connectivity index is 1.92. The predicted molar refractivity (Wildman–Crippen MR) is 121 cm³/mol. The van der Waals surface area contributed by atoms with E-state index in [4.69, 9.17) is 0 Å². The van der Waals surface area contributed by atoms with Crippen molar-refractivity contribution in [3.63, 3.8) is 0 Å². The fourth-order valence-corrected chi connectivity index (χ4v) is 4.11. The molecule has 0 amide bonds. The minimum atomic E-state index is -0.614. The Morgan fingerprint density at radius 2 is 1.03 bits per heavy atom. The third kappa shape index (κ3) is 6.28. The molecule has 3 rings (SSSR count). The van der Waals surface area contributed by atoms with E-state index in [1.165, 1.54) is 49.5 Å². The smallest absolute Gasteiger partial charge is 0.186 e. The molecule has 0 atom stereocenters. The van der Waals surface area contributed by atoms with Crippen LogP contribution < -0.4 is 0 Å². The van der Waals surface area contributed by atoms with E-state index in [1.54, 1.807) is 0 Å². The van der Waals surface area contributed by atoms with Crippen molar-refractivity contribution in [2.45, 2.75) is 25.4 Å². The third-order valence-electron chi connectivity index (χ3n) is 4.35. The van der Waals surface area contributed by atoms with Crippen molar-refractivity contribution < 1.29 is 18.4 Å². The SMILES string of the molecule is CC(=O)SCc1cc(CSC(C)=O)cc(-c2ccc(-c3cc(F)cc(F)c3)cc2)c1. The topological polar surface area (TPSA) is 34.1 Å². The van der Waals surface area contributed by atoms with Crippen LogP contribution in [0.4, 0.5) is 8.78 Å². The maximum Gasteiger partial charge on any atom is 0.186 e. The number of hydrogen-bond acceptors (Lipinski definition) is 4. The molecule has 6 heteroatoms. The van der Waals surface area contributed by atoms with Gasteiger partial charge < -0.3 is 0 Å². The average Bonchev–Trinajstić information content (AvgIpc) is 2.70. The number of carbonyl (C=O) groups excluding carboxylic acids is 2. The van der Waals surface area contributed by atoms with Gasteiger partial charge in [-0.2, -0.15) is 0 Å². The van der Waals surface area contributed by atoms with E-state index in [1.807, 2.05) is 42.5 Å². The van der Waals surface area contributed by atoms with Gasteiger partial charge in [0.15, 0.2) is 10.2 Å². The minimum absolute atomic E-state index is 0.0479. The van der Waals surface area contributed by atoms with Gasteiger partial charge >= 0.3 is 0 Å². The number of benzene rings is 3. The molecular weight excluding hydrogens is 422 g/mol. The van der Waals surface area contributed by atoms with Gasteiger partial charge in [0.25, 0.3) is 0 Å². The van der Waals surface area contributed by atoms with Crippen molar-refractivity contribution in [1.29, 1.82) is 0 Å². The van der Waals surface area contributed by atoms with Crippen LogP contribution in [-0.2, 0) is 21.1 Å². The van der Waals surface area contributed by atoms with Gasteiger partial charge in [0, 0.05) is 31.4 Å². The summed E-state index contributed by atoms with van der Waals surface area (Å²) in [5, 5.41) is 0.0958. The summed E-state index contributed by atoms with van der Waals surface area (Å²) >= 11 is 2.48. The van der Waals surface area contributed by atoms with Crippen LogP contribution in [0.3, 0.4) is 0 Å². The van der Waals surface area contributed by atoms with Crippen molar-refractivity contribution in [2.75, 3.05) is 0 Å². The zero-order valence-corrected chi connectivity index (χ0v) is 18.2. The van der Waals surface area contributed by atoms with Crippen LogP contribution in [0.2, 0.25) is 0 Å². The number of rotatable bonds is 6. The highest BCUT2D eigenvalue weighted by atomic mass is 32.2. The summed E-state index contributed by atoms with van der Waals surface area (Å²) < 4.78 is 27.0. The molecule has 0 aliphatic rings. The molecule has 3 aromatic carbocycles. The second kappa shape index (κ2) is 10.0. The molecule has 0 unspecified atom stereocenters. The molecule has 0 aromatic heterocycles. The van der Waals surface area contributed by atoms with E-state index in [2.05, 4.69) is 0 Å². The number of thioether (sulfide) groups is 2. The fourth-order valence-electron chi connectivity index (χ4n) is 3.04. The Bertz CT molecular complexity index is 1020. The first-order valence-corrected chi connectivity index (χ1v) is 11.2. The molecule has 0 fully saturated rings. The molecule has 0 aliphatic heterocycles. The van der Waals surface area contributed by atoms with E-state index >= 15 is 0 Å². The lowest BCUT2D eigenvalue weighted by atomic mass is 9.98. The van der Waals surface area contributed by atoms with Gasteiger partial charge in [0.2, 0.25) is 0 Å². The first kappa shape index (κ1) is 22.2. The fraction of sp³-hybridized carbons (Fsp3) is 0.167. The molecule has 0 aliphatic carbocycles. The molecule has 0 spiro atoms. The summed E-state index contributed by atoms with van der Waals surface area (Å²) in [7, 11) is 0. The zero-order valence-electron chi connectivity index (χ0n) is 16.6. The molecule has 30 heavy (non-hydrogen) atoms. The van der Waals surface area contributed by atoms with E-state index in [0.29, 0.717) is 22.6 Å². The standard InChI is InChI=1S/C24H20F2O2S2/c1-15(27)29-13-17-7-18(14-30-16(2)28)9-21(8-17)19-3-5-20(6-4-19)22-10-23(25)12-24(26)11-22/h3-12H,13-14H2,1-2H3. The highest BCUT2D eigenvalue weighted by Gasteiger charge is 2.08. The van der Waals surface area contributed by atoms with E-state index < -0.39 is 11.6 Å². The molecule has 0 radical (unpaired) electrons. The lowest BCUT2D eigenvalue weighted by Gasteiger charge is -2.11. The van der Waals surface area contributed by atoms with Crippen LogP contribution in [0, 0.1) is 11.6 Å². The van der Waals surface area contributed by atoms with Gasteiger partial charge in [-0.1, -0.05) is 66.0 Å². The summed E-state index contributed by atoms with van der Waals surface area (Å²) in [6, 6.07) is 17.0. The molecule has 0 bridgehead atoms. The van der Waals surface area contributed by atoms with Crippen molar-refractivity contribution in [3.05, 3.63) is 83.4 Å². The van der Waals surface area contributed by atoms with Crippen molar-refractivity contribution >= 4 is 33.8 Å². The molecule has 2 nitrogen and oxygen atoms in total. The van der Waals surface area contributed by atoms with Gasteiger partial charge in [0.05, 0.1) is 0 Å². The van der Waals surface area contributed by atoms with Gasteiger partial charge in [-0.15, -0.1) is 0 Å². The van der Waals surface area contributed by atoms with Crippen LogP contribution in [0.1, 0.15) is 25.0 Å². The second-order valence-corrected chi connectivity index (χ2v) is 9.14. The van der Waals surface area contributed by atoms with Crippen LogP contribution in [0.25, 0.3) is 22.3 Å². The molecular formula is C24H20F2O2S2. The van der Waals surface area contributed by atoms with Gasteiger partial charge in [-0.05, 0) is 45.5 Å². The zero-order chi connectivity index (χ0) is 21.7. The number of halogens is 2. The van der Waals surface area contributed by atoms with Crippen LogP contribution in [0.15, 0.2) is 60.7 Å². The number of carbonyl (C=O) groups is 2. The monoisotopic (exact) mass is 442 g/mol. The molecule has 154 valence electrons. The molecule has 0 heterocycles. The van der Waals surface area contributed by atoms with E-state index in [9.17, 15) is 18.4 Å². The van der Waals surface area contributed by atoms with E-state index in [-0.39, 0.29) is 10.2 Å². The van der Waals surface area contributed by atoms with E-state index in [0.717, 1.165) is 28.3 Å². The third-order valence-corrected chi connectivity index (χ3v) is 6.12. The quantitative estimate of drug-likeness (QED) is 0.418. The minimum Gasteiger partial charge on any atom is -0.288 e. The van der Waals surface area contributed by atoms with Crippen LogP contribution in [-0.4, -0.2) is 10.2 Å². The maximum absolute atomic E-state index is 13.5. The van der Waals surface area contributed by atoms with Crippen molar-refractivity contribution in [1.82, 2.24) is 0 Å². The Hall–Kier alpha value is -2.44. The van der Waals surface area contributed by atoms with Crippen molar-refractivity contribution in [3.8, 4) is 22.3 Å². The highest BCUT2D eigenvalue weighted by molar-refractivity contribution is 8.13. The average molecular weight is 443 g/mol. The Morgan fingerprint density at radius 3 is 1.43 bits per heavy atom. The summed E-state index contributed by atoms with van der Waals surface area (Å²) in [5.74, 6) is -0.113. The Kier molecular flexibility index (Phi) is 7.45. The lowest BCUT2D eigenvalue weighted by Crippen LogP contribution is -1.93. The number of hydrogen-bond donors (Lipinski definition) is 0. The summed E-state index contributed by atoms with van der Waals surface area (Å²) in [5.41, 5.74) is 5.11. The molecule has 0 saturated heterocycles. The molecule has 3 aromatic rings. The summed E-state index contributed by atoms with van der Waals surface area (Å²) in [4.78, 5) is 22.7. The lowest BCUT2D eigenvalue weighted by molar-refractivity contribution is -0.109. The summed E-state index contributed by atoms with van der Waals surface area (Å²) in [6.45, 7) is 3.07. The summed E-state index contributed by atoms with van der Waals surface area (Å²) in [6.07, 6.45) is 0. The maximum atomic E-state index is 13.5. The van der Waals surface area contributed by atoms with Crippen LogP contribution >= 0.6 is 23.5 Å². The first-order chi connectivity index (χ1) is 14.3. The largest absolute Gasteiger partial charge is 0.288 e. The molecule has 0 saturated carbocycles. The van der Waals surface area contributed by atoms with Crippen molar-refractivity contribution in [2.24, 2.45) is 0 Å².